The predicted octanol–water partition coefficient (Wildman–Crippen LogP) is 3.31. The standard InChI is InChI=1S/C16H15N3O3/c1-22-15-8-5-12(6-9-15)7-10-16(17)18-13-3-2-4-14(11-13)19(20)21/h2-11H,1H3,(H2,17,18). The number of methoxy groups -OCH3 is 1. The van der Waals surface area contributed by atoms with Crippen molar-refractivity contribution in [1.82, 2.24) is 0 Å². The molecule has 0 saturated carbocycles. The molecule has 2 N–H and O–H groups in total. The molecule has 0 heterocycles. The molecule has 0 aliphatic heterocycles. The van der Waals surface area contributed by atoms with E-state index >= 15 is 0 Å². The van der Waals surface area contributed by atoms with Gasteiger partial charge in [-0.1, -0.05) is 24.3 Å². The van der Waals surface area contributed by atoms with Gasteiger partial charge in [0.05, 0.1) is 17.7 Å². The third kappa shape index (κ3) is 4.17. The molecule has 6 nitrogen and oxygen atoms in total. The summed E-state index contributed by atoms with van der Waals surface area (Å²) in [5.74, 6) is 1.03. The minimum Gasteiger partial charge on any atom is -0.497 e. The third-order valence-corrected chi connectivity index (χ3v) is 2.86. The highest BCUT2D eigenvalue weighted by molar-refractivity contribution is 5.96. The zero-order valence-corrected chi connectivity index (χ0v) is 12.0. The minimum absolute atomic E-state index is 0.0202. The Hall–Kier alpha value is -3.15. The van der Waals surface area contributed by atoms with Crippen LogP contribution in [0.25, 0.3) is 6.08 Å². The van der Waals surface area contributed by atoms with Gasteiger partial charge in [-0.25, -0.2) is 4.99 Å². The summed E-state index contributed by atoms with van der Waals surface area (Å²) >= 11 is 0. The number of hydrogen-bond acceptors (Lipinski definition) is 4. The summed E-state index contributed by atoms with van der Waals surface area (Å²) in [6.07, 6.45) is 3.44. The molecule has 0 atom stereocenters. The van der Waals surface area contributed by atoms with E-state index in [-0.39, 0.29) is 11.5 Å². The lowest BCUT2D eigenvalue weighted by molar-refractivity contribution is -0.384. The van der Waals surface area contributed by atoms with Crippen molar-refractivity contribution >= 4 is 23.3 Å². The first-order valence-corrected chi connectivity index (χ1v) is 6.49. The Balaban J connectivity index is 2.13. The van der Waals surface area contributed by atoms with Crippen LogP contribution in [0, 0.1) is 10.1 Å². The Bertz CT molecular complexity index is 722. The molecule has 6 heteroatoms. The molecule has 0 unspecified atom stereocenters. The number of nitro benzene ring substituents is 1. The van der Waals surface area contributed by atoms with E-state index in [0.717, 1.165) is 11.3 Å². The Morgan fingerprint density at radius 1 is 1.27 bits per heavy atom. The lowest BCUT2D eigenvalue weighted by Crippen LogP contribution is -2.06. The van der Waals surface area contributed by atoms with Gasteiger partial charge in [0.15, 0.2) is 0 Å². The molecule has 0 spiro atoms. The molecule has 0 radical (unpaired) electrons. The molecule has 0 aliphatic rings. The van der Waals surface area contributed by atoms with Gasteiger partial charge in [-0.2, -0.15) is 0 Å². The van der Waals surface area contributed by atoms with E-state index in [1.54, 1.807) is 31.4 Å². The Labute approximate surface area is 127 Å². The fraction of sp³-hybridized carbons (Fsp3) is 0.0625. The summed E-state index contributed by atoms with van der Waals surface area (Å²) in [4.78, 5) is 14.4. The minimum atomic E-state index is -0.470. The predicted molar refractivity (Wildman–Crippen MR) is 86.4 cm³/mol. The number of nitrogens with zero attached hydrogens (tertiary/aromatic N) is 2. The molecule has 0 fully saturated rings. The fourth-order valence-corrected chi connectivity index (χ4v) is 1.76. The summed E-state index contributed by atoms with van der Waals surface area (Å²) in [5.41, 5.74) is 7.16. The number of nitrogens with two attached hydrogens (primary N) is 1. The molecular weight excluding hydrogens is 282 g/mol. The topological polar surface area (TPSA) is 90.8 Å². The number of non-ortho nitro benzene ring substituents is 1. The van der Waals surface area contributed by atoms with Crippen molar-refractivity contribution in [1.29, 1.82) is 0 Å². The van der Waals surface area contributed by atoms with E-state index in [2.05, 4.69) is 4.99 Å². The van der Waals surface area contributed by atoms with E-state index in [0.29, 0.717) is 5.69 Å². The average molecular weight is 297 g/mol. The number of nitro groups is 1. The summed E-state index contributed by atoms with van der Waals surface area (Å²) in [5, 5.41) is 10.7. The average Bonchev–Trinajstić information content (AvgIpc) is 2.53. The van der Waals surface area contributed by atoms with Crippen molar-refractivity contribution < 1.29 is 9.66 Å². The maximum Gasteiger partial charge on any atom is 0.271 e. The maximum atomic E-state index is 10.7. The molecule has 0 aliphatic carbocycles. The number of hydrogen-bond donors (Lipinski definition) is 1. The molecule has 0 aromatic heterocycles. The molecule has 22 heavy (non-hydrogen) atoms. The van der Waals surface area contributed by atoms with Gasteiger partial charge in [0.2, 0.25) is 0 Å². The van der Waals surface area contributed by atoms with Crippen LogP contribution in [-0.4, -0.2) is 17.9 Å². The molecule has 0 saturated heterocycles. The number of amidine groups is 1. The number of ether oxygens (including phenoxy) is 1. The zero-order valence-electron chi connectivity index (χ0n) is 12.0. The second kappa shape index (κ2) is 7.03. The maximum absolute atomic E-state index is 10.7. The van der Waals surface area contributed by atoms with E-state index in [9.17, 15) is 10.1 Å². The summed E-state index contributed by atoms with van der Waals surface area (Å²) in [7, 11) is 1.61. The largest absolute Gasteiger partial charge is 0.497 e. The lowest BCUT2D eigenvalue weighted by atomic mass is 10.2. The molecule has 2 aromatic carbocycles. The fourth-order valence-electron chi connectivity index (χ4n) is 1.76. The third-order valence-electron chi connectivity index (χ3n) is 2.86. The zero-order chi connectivity index (χ0) is 15.9. The van der Waals surface area contributed by atoms with Crippen LogP contribution >= 0.6 is 0 Å². The van der Waals surface area contributed by atoms with Gasteiger partial charge in [0.25, 0.3) is 5.69 Å². The summed E-state index contributed by atoms with van der Waals surface area (Å²) in [6, 6.07) is 13.4. The van der Waals surface area contributed by atoms with Crippen LogP contribution in [0.5, 0.6) is 5.75 Å². The highest BCUT2D eigenvalue weighted by Crippen LogP contribution is 2.19. The molecule has 2 aromatic rings. The highest BCUT2D eigenvalue weighted by atomic mass is 16.6. The van der Waals surface area contributed by atoms with Gasteiger partial charge in [0, 0.05) is 12.1 Å². The van der Waals surface area contributed by atoms with Gasteiger partial charge in [-0.3, -0.25) is 10.1 Å². The van der Waals surface area contributed by atoms with Gasteiger partial charge in [0.1, 0.15) is 11.6 Å². The first-order valence-electron chi connectivity index (χ1n) is 6.49. The van der Waals surface area contributed by atoms with Crippen LogP contribution in [0.1, 0.15) is 5.56 Å². The number of rotatable bonds is 5. The van der Waals surface area contributed by atoms with Gasteiger partial charge >= 0.3 is 0 Å². The molecule has 112 valence electrons. The van der Waals surface area contributed by atoms with Crippen molar-refractivity contribution in [3.05, 3.63) is 70.3 Å². The number of aliphatic imine (C=N–C) groups is 1. The highest BCUT2D eigenvalue weighted by Gasteiger charge is 2.04. The van der Waals surface area contributed by atoms with Crippen molar-refractivity contribution in [2.45, 2.75) is 0 Å². The first-order chi connectivity index (χ1) is 10.6. The first kappa shape index (κ1) is 15.2. The van der Waals surface area contributed by atoms with Gasteiger partial charge < -0.3 is 10.5 Å². The molecule has 0 bridgehead atoms. The van der Waals surface area contributed by atoms with E-state index in [4.69, 9.17) is 10.5 Å². The smallest absolute Gasteiger partial charge is 0.271 e. The number of benzene rings is 2. The molecule has 0 amide bonds. The van der Waals surface area contributed by atoms with E-state index < -0.39 is 4.92 Å². The molecular formula is C16H15N3O3. The normalized spacial score (nSPS) is 11.6. The van der Waals surface area contributed by atoms with E-state index in [1.807, 2.05) is 24.3 Å². The van der Waals surface area contributed by atoms with Crippen LogP contribution in [0.4, 0.5) is 11.4 Å². The van der Waals surface area contributed by atoms with Crippen molar-refractivity contribution in [2.24, 2.45) is 10.7 Å². The Kier molecular flexibility index (Phi) is 4.87. The van der Waals surface area contributed by atoms with Crippen LogP contribution in [-0.2, 0) is 0 Å². The van der Waals surface area contributed by atoms with Crippen molar-refractivity contribution in [2.75, 3.05) is 7.11 Å². The second-order valence-electron chi connectivity index (χ2n) is 4.42. The second-order valence-corrected chi connectivity index (χ2v) is 4.42. The van der Waals surface area contributed by atoms with E-state index in [1.165, 1.54) is 12.1 Å². The Morgan fingerprint density at radius 2 is 2.00 bits per heavy atom. The molecule has 2 rings (SSSR count). The van der Waals surface area contributed by atoms with Crippen molar-refractivity contribution in [3.8, 4) is 5.75 Å². The van der Waals surface area contributed by atoms with Gasteiger partial charge in [-0.15, -0.1) is 0 Å². The van der Waals surface area contributed by atoms with Crippen LogP contribution < -0.4 is 10.5 Å². The van der Waals surface area contributed by atoms with Crippen LogP contribution in [0.15, 0.2) is 59.6 Å². The quantitative estimate of drug-likeness (QED) is 0.397. The lowest BCUT2D eigenvalue weighted by Gasteiger charge is -1.99. The summed E-state index contributed by atoms with van der Waals surface area (Å²) < 4.78 is 5.08. The van der Waals surface area contributed by atoms with Crippen molar-refractivity contribution in [3.63, 3.8) is 0 Å². The van der Waals surface area contributed by atoms with Gasteiger partial charge in [-0.05, 0) is 29.8 Å². The summed E-state index contributed by atoms with van der Waals surface area (Å²) in [6.45, 7) is 0. The van der Waals surface area contributed by atoms with Crippen LogP contribution in [0.2, 0.25) is 0 Å². The Morgan fingerprint density at radius 3 is 2.64 bits per heavy atom. The SMILES string of the molecule is COc1ccc(C=CC(N)=Nc2cccc([N+](=O)[O-])c2)cc1. The van der Waals surface area contributed by atoms with Crippen LogP contribution in [0.3, 0.4) is 0 Å². The monoisotopic (exact) mass is 297 g/mol.